The molecule has 1 amide bonds. The average molecular weight is 980 g/mol. The van der Waals surface area contributed by atoms with Gasteiger partial charge < -0.3 is 14.4 Å². The topological polar surface area (TPSA) is 123 Å². The van der Waals surface area contributed by atoms with Crippen molar-refractivity contribution in [3.8, 4) is 28.7 Å². The zero-order valence-corrected chi connectivity index (χ0v) is 42.7. The lowest BCUT2D eigenvalue weighted by molar-refractivity contribution is -0.435. The van der Waals surface area contributed by atoms with E-state index in [4.69, 9.17) is 9.47 Å². The summed E-state index contributed by atoms with van der Waals surface area (Å²) in [7, 11) is -1.84. The van der Waals surface area contributed by atoms with Crippen molar-refractivity contribution in [1.29, 1.82) is 5.26 Å². The van der Waals surface area contributed by atoms with Crippen LogP contribution in [0.15, 0.2) is 168 Å². The zero-order valence-electron chi connectivity index (χ0n) is 41.0. The molecule has 358 valence electrons. The summed E-state index contributed by atoms with van der Waals surface area (Å²) in [5.74, 6) is -0.0379. The molecule has 1 aliphatic rings. The van der Waals surface area contributed by atoms with E-state index in [1.807, 2.05) is 24.3 Å². The largest absolute Gasteiger partial charge is 0.496 e. The smallest absolute Gasteiger partial charge is 0.295 e. The number of thiophene rings is 1. The van der Waals surface area contributed by atoms with Crippen LogP contribution in [-0.2, 0) is 10.1 Å². The van der Waals surface area contributed by atoms with E-state index in [0.29, 0.717) is 21.8 Å². The summed E-state index contributed by atoms with van der Waals surface area (Å²) in [6.45, 7) is 14.2. The average Bonchev–Trinajstić information content (AvgIpc) is 3.74. The molecule has 1 aromatic heterocycles. The molecule has 1 aliphatic carbocycles. The first-order chi connectivity index (χ1) is 34.3. The summed E-state index contributed by atoms with van der Waals surface area (Å²) in [6, 6.07) is 43.2. The highest BCUT2D eigenvalue weighted by molar-refractivity contribution is 7.86. The van der Waals surface area contributed by atoms with Gasteiger partial charge in [0.25, 0.3) is 16.0 Å². The summed E-state index contributed by atoms with van der Waals surface area (Å²) in [6.07, 6.45) is 8.40. The number of carbonyl (C=O) groups is 1. The maximum absolute atomic E-state index is 15.4. The molecular formula is C59H55N4O6S2+. The summed E-state index contributed by atoms with van der Waals surface area (Å²) < 4.78 is 50.4. The maximum atomic E-state index is 15.4. The van der Waals surface area contributed by atoms with Crippen LogP contribution in [0.25, 0.3) is 16.7 Å². The van der Waals surface area contributed by atoms with Crippen LogP contribution in [0.4, 0.5) is 27.8 Å². The number of amides is 1. The van der Waals surface area contributed by atoms with Crippen LogP contribution < -0.4 is 19.3 Å². The Hall–Kier alpha value is -7.82. The molecule has 10 nitrogen and oxygen atoms in total. The summed E-state index contributed by atoms with van der Waals surface area (Å²) in [5, 5.41) is 11.8. The number of rotatable bonds is 14. The lowest BCUT2D eigenvalue weighted by Crippen LogP contribution is -2.28. The van der Waals surface area contributed by atoms with Crippen molar-refractivity contribution in [3.05, 3.63) is 207 Å². The molecule has 7 aromatic rings. The number of carbonyl (C=O) groups excluding carboxylic acids is 1. The van der Waals surface area contributed by atoms with Gasteiger partial charge in [-0.05, 0) is 118 Å². The Balaban J connectivity index is 1.46. The molecule has 1 N–H and O–H groups in total. The van der Waals surface area contributed by atoms with Gasteiger partial charge in [-0.15, -0.1) is 11.3 Å². The Morgan fingerprint density at radius 3 is 1.89 bits per heavy atom. The number of nitrogens with zero attached hydrogens (tertiary/aromatic N) is 4. The number of nitriles is 1. The molecule has 0 aliphatic heterocycles. The van der Waals surface area contributed by atoms with Gasteiger partial charge in [0.15, 0.2) is 0 Å². The number of hydrogen-bond donors (Lipinski definition) is 1. The summed E-state index contributed by atoms with van der Waals surface area (Å²) in [4.78, 5) is 19.0. The number of hydrogen-bond acceptors (Lipinski definition) is 8. The molecule has 1 heterocycles. The summed E-state index contributed by atoms with van der Waals surface area (Å²) in [5.41, 5.74) is 12.5. The van der Waals surface area contributed by atoms with Crippen molar-refractivity contribution >= 4 is 66.4 Å². The SMILES string of the molecule is CCN(c1ccc(C(=C2C=CC(=[N+](CC)c3c(C)cccc3C)C=C2)c2sc(N(C(=O)c3ccccc3S(=O)(=O)O)c3ccccc3OC)c(C#N)c2-c2ccccc2OC)cc1)c1c(C)cccc1C. The first-order valence-electron chi connectivity index (χ1n) is 23.3. The van der Waals surface area contributed by atoms with Gasteiger partial charge in [-0.2, -0.15) is 18.3 Å². The predicted octanol–water partition coefficient (Wildman–Crippen LogP) is 13.7. The van der Waals surface area contributed by atoms with Crippen LogP contribution in [0.2, 0.25) is 0 Å². The first kappa shape index (κ1) is 49.6. The van der Waals surface area contributed by atoms with Gasteiger partial charge in [0.2, 0.25) is 11.4 Å². The van der Waals surface area contributed by atoms with Gasteiger partial charge in [-0.3, -0.25) is 14.2 Å². The van der Waals surface area contributed by atoms with Gasteiger partial charge in [0.05, 0.1) is 31.0 Å². The minimum Gasteiger partial charge on any atom is -0.496 e. The third-order valence-corrected chi connectivity index (χ3v) is 14.8. The molecule has 6 aromatic carbocycles. The Kier molecular flexibility index (Phi) is 14.7. The lowest BCUT2D eigenvalue weighted by Gasteiger charge is -2.27. The highest BCUT2D eigenvalue weighted by atomic mass is 32.2. The Bertz CT molecular complexity index is 3430. The summed E-state index contributed by atoms with van der Waals surface area (Å²) >= 11 is 1.21. The molecule has 0 unspecified atom stereocenters. The zero-order chi connectivity index (χ0) is 50.6. The monoisotopic (exact) mass is 979 g/mol. The Morgan fingerprint density at radius 2 is 1.30 bits per heavy atom. The fourth-order valence-electron chi connectivity index (χ4n) is 9.53. The van der Waals surface area contributed by atoms with Gasteiger partial charge in [-0.25, -0.2) is 0 Å². The predicted molar refractivity (Wildman–Crippen MR) is 287 cm³/mol. The second-order valence-electron chi connectivity index (χ2n) is 17.0. The van der Waals surface area contributed by atoms with Gasteiger partial charge in [0, 0.05) is 62.8 Å². The molecule has 71 heavy (non-hydrogen) atoms. The molecule has 0 radical (unpaired) electrons. The van der Waals surface area contributed by atoms with E-state index in [0.717, 1.165) is 74.8 Å². The van der Waals surface area contributed by atoms with E-state index in [9.17, 15) is 18.2 Å². The molecule has 12 heteroatoms. The van der Waals surface area contributed by atoms with Crippen LogP contribution in [0, 0.1) is 39.0 Å². The van der Waals surface area contributed by atoms with E-state index in [-0.39, 0.29) is 27.6 Å². The quantitative estimate of drug-likeness (QED) is 0.0844. The number of ether oxygens (including phenoxy) is 2. The second kappa shape index (κ2) is 21.0. The third-order valence-electron chi connectivity index (χ3n) is 12.7. The third kappa shape index (κ3) is 9.60. The van der Waals surface area contributed by atoms with E-state index in [2.05, 4.69) is 142 Å². The first-order valence-corrected chi connectivity index (χ1v) is 25.5. The number of methoxy groups -OCH3 is 2. The number of allylic oxidation sites excluding steroid dienone is 5. The molecule has 0 atom stereocenters. The van der Waals surface area contributed by atoms with Crippen molar-refractivity contribution in [1.82, 2.24) is 0 Å². The van der Waals surface area contributed by atoms with Crippen molar-refractivity contribution in [2.24, 2.45) is 0 Å². The molecule has 8 rings (SSSR count). The lowest BCUT2D eigenvalue weighted by atomic mass is 9.90. The van der Waals surface area contributed by atoms with Crippen molar-refractivity contribution < 1.29 is 31.8 Å². The highest BCUT2D eigenvalue weighted by Crippen LogP contribution is 2.52. The molecule has 0 fully saturated rings. The van der Waals surface area contributed by atoms with Crippen LogP contribution in [0.5, 0.6) is 11.5 Å². The van der Waals surface area contributed by atoms with E-state index in [1.165, 1.54) is 47.6 Å². The van der Waals surface area contributed by atoms with E-state index < -0.39 is 20.9 Å². The Labute approximate surface area is 420 Å². The minimum atomic E-state index is -4.89. The highest BCUT2D eigenvalue weighted by Gasteiger charge is 2.35. The number of para-hydroxylation sites is 5. The molecule has 0 saturated heterocycles. The number of benzene rings is 6. The fourth-order valence-corrected chi connectivity index (χ4v) is 11.6. The number of aryl methyl sites for hydroxylation is 4. The maximum Gasteiger partial charge on any atom is 0.295 e. The normalized spacial score (nSPS) is 12.1. The van der Waals surface area contributed by atoms with Crippen molar-refractivity contribution in [3.63, 3.8) is 0 Å². The van der Waals surface area contributed by atoms with Gasteiger partial charge >= 0.3 is 0 Å². The van der Waals surface area contributed by atoms with E-state index >= 15 is 4.79 Å². The molecule has 0 bridgehead atoms. The van der Waals surface area contributed by atoms with Gasteiger partial charge in [0.1, 0.15) is 34.0 Å². The molecule has 0 spiro atoms. The van der Waals surface area contributed by atoms with Crippen LogP contribution in [0.1, 0.15) is 62.5 Å². The standard InChI is InChI=1S/C59H54N4O6S2/c1-9-61(55-38(3)19-17-20-39(55)4)44-33-29-42(30-34-44)53(43-31-35-45(36-32-43)62(10-2)56-40(5)21-18-22-41(56)6)57-54(46-23-11-14-26-50(46)68-7)48(37-60)59(70-57)63(49-25-13-15-27-51(49)69-8)58(64)47-24-12-16-28-52(47)71(65,66)67/h11-36H,9-10H2,1-8H3/p+1. The fraction of sp³-hybridized carbons (Fsp3) is 0.169. The molecular weight excluding hydrogens is 925 g/mol. The Morgan fingerprint density at radius 1 is 0.718 bits per heavy atom. The van der Waals surface area contributed by atoms with Gasteiger partial charge in [-0.1, -0.05) is 91.0 Å². The van der Waals surface area contributed by atoms with Crippen molar-refractivity contribution in [2.75, 3.05) is 37.1 Å². The second-order valence-corrected chi connectivity index (χ2v) is 19.4. The van der Waals surface area contributed by atoms with Crippen LogP contribution in [0.3, 0.4) is 0 Å². The van der Waals surface area contributed by atoms with E-state index in [1.54, 1.807) is 31.4 Å². The van der Waals surface area contributed by atoms with Crippen molar-refractivity contribution in [2.45, 2.75) is 46.4 Å². The van der Waals surface area contributed by atoms with Crippen LogP contribution >= 0.6 is 11.3 Å². The molecule has 0 saturated carbocycles. The van der Waals surface area contributed by atoms with Crippen LogP contribution in [-0.4, -0.2) is 56.5 Å². The minimum absolute atomic E-state index is 0.128. The number of anilines is 4.